The molecule has 0 atom stereocenters. The van der Waals surface area contributed by atoms with Gasteiger partial charge in [-0.05, 0) is 59.3 Å². The first-order chi connectivity index (χ1) is 13.2. The number of thiophene rings is 2. The normalized spacial score (nSPS) is 13.0. The molecule has 1 saturated carbocycles. The van der Waals surface area contributed by atoms with Crippen molar-refractivity contribution in [1.82, 2.24) is 4.90 Å². The summed E-state index contributed by atoms with van der Waals surface area (Å²) in [7, 11) is 0. The van der Waals surface area contributed by atoms with Gasteiger partial charge in [0, 0.05) is 9.75 Å². The first kappa shape index (κ1) is 19.6. The number of phenols is 1. The van der Waals surface area contributed by atoms with Gasteiger partial charge >= 0.3 is 0 Å². The molecule has 4 rings (SSSR count). The summed E-state index contributed by atoms with van der Waals surface area (Å²) in [5.41, 5.74) is 1.52. The molecule has 0 aliphatic heterocycles. The molecule has 2 heterocycles. The van der Waals surface area contributed by atoms with Gasteiger partial charge in [-0.15, -0.1) is 22.7 Å². The Balaban J connectivity index is 0.00000102. The third kappa shape index (κ3) is 4.99. The van der Waals surface area contributed by atoms with Crippen molar-refractivity contribution < 1.29 is 9.90 Å². The van der Waals surface area contributed by atoms with E-state index in [-0.39, 0.29) is 11.7 Å². The molecule has 0 unspecified atom stereocenters. The van der Waals surface area contributed by atoms with Gasteiger partial charge in [0.2, 0.25) is 0 Å². The number of aromatic hydroxyl groups is 1. The van der Waals surface area contributed by atoms with Crippen molar-refractivity contribution in [2.45, 2.75) is 45.7 Å². The maximum absolute atomic E-state index is 13.1. The number of benzene rings is 1. The summed E-state index contributed by atoms with van der Waals surface area (Å²) in [6.07, 6.45) is 2.35. The van der Waals surface area contributed by atoms with Crippen molar-refractivity contribution >= 4 is 28.6 Å². The average molecular weight is 400 g/mol. The summed E-state index contributed by atoms with van der Waals surface area (Å²) in [6, 6.07) is 13.6. The molecule has 0 spiro atoms. The fourth-order valence-electron chi connectivity index (χ4n) is 2.95. The van der Waals surface area contributed by atoms with Gasteiger partial charge in [0.1, 0.15) is 5.75 Å². The Bertz CT molecular complexity index is 816. The number of phenolic OH excluding ortho intramolecular Hbond substituents is 1. The molecule has 1 fully saturated rings. The Morgan fingerprint density at radius 2 is 1.63 bits per heavy atom. The van der Waals surface area contributed by atoms with Crippen molar-refractivity contribution in [2.24, 2.45) is 0 Å². The summed E-state index contributed by atoms with van der Waals surface area (Å²) in [5.74, 6) is 0.529. The zero-order valence-electron chi connectivity index (χ0n) is 15.7. The number of hydrogen-bond acceptors (Lipinski definition) is 4. The van der Waals surface area contributed by atoms with Crippen LogP contribution in [0.25, 0.3) is 0 Å². The first-order valence-corrected chi connectivity index (χ1v) is 11.1. The quantitative estimate of drug-likeness (QED) is 0.531. The van der Waals surface area contributed by atoms with E-state index < -0.39 is 0 Å². The summed E-state index contributed by atoms with van der Waals surface area (Å²) in [4.78, 5) is 17.2. The first-order valence-electron chi connectivity index (χ1n) is 9.37. The summed E-state index contributed by atoms with van der Waals surface area (Å²) >= 11 is 3.28. The number of hydrogen-bond donors (Lipinski definition) is 1. The highest BCUT2D eigenvalue weighted by Crippen LogP contribution is 2.41. The van der Waals surface area contributed by atoms with Crippen LogP contribution in [0.15, 0.2) is 53.2 Å². The lowest BCUT2D eigenvalue weighted by Gasteiger charge is -2.22. The number of carbonyl (C=O) groups is 1. The number of nitrogens with zero attached hydrogens (tertiary/aromatic N) is 1. The zero-order chi connectivity index (χ0) is 19.2. The van der Waals surface area contributed by atoms with E-state index in [4.69, 9.17) is 0 Å². The molecule has 27 heavy (non-hydrogen) atoms. The molecular formula is C22H25NO2S2. The molecule has 0 bridgehead atoms. The van der Waals surface area contributed by atoms with Crippen LogP contribution in [-0.4, -0.2) is 15.9 Å². The van der Waals surface area contributed by atoms with Crippen LogP contribution in [0.1, 0.15) is 58.3 Å². The Hall–Kier alpha value is -2.11. The Morgan fingerprint density at radius 3 is 2.07 bits per heavy atom. The van der Waals surface area contributed by atoms with Crippen LogP contribution in [-0.2, 0) is 13.1 Å². The van der Waals surface area contributed by atoms with Gasteiger partial charge in [0.25, 0.3) is 5.91 Å². The number of amides is 1. The average Bonchev–Trinajstić information content (AvgIpc) is 3.17. The molecule has 1 aliphatic carbocycles. The maximum Gasteiger partial charge on any atom is 0.258 e. The van der Waals surface area contributed by atoms with Crippen LogP contribution in [0, 0.1) is 0 Å². The Labute approximate surface area is 168 Å². The molecule has 1 amide bonds. The van der Waals surface area contributed by atoms with E-state index in [0.29, 0.717) is 24.6 Å². The molecule has 5 heteroatoms. The SMILES string of the molecule is CC.O=C(c1ccc(C2CC2)cc1O)N(Cc1cccs1)Cc1cccs1. The predicted molar refractivity (Wildman–Crippen MR) is 114 cm³/mol. The topological polar surface area (TPSA) is 40.5 Å². The van der Waals surface area contributed by atoms with E-state index >= 15 is 0 Å². The second-order valence-corrected chi connectivity index (χ2v) is 8.44. The van der Waals surface area contributed by atoms with Gasteiger partial charge in [-0.1, -0.05) is 32.0 Å². The lowest BCUT2D eigenvalue weighted by atomic mass is 10.1. The van der Waals surface area contributed by atoms with Crippen molar-refractivity contribution in [3.63, 3.8) is 0 Å². The zero-order valence-corrected chi connectivity index (χ0v) is 17.4. The molecule has 1 N–H and O–H groups in total. The Morgan fingerprint density at radius 1 is 1.04 bits per heavy atom. The highest BCUT2D eigenvalue weighted by molar-refractivity contribution is 7.10. The fourth-order valence-corrected chi connectivity index (χ4v) is 4.39. The minimum Gasteiger partial charge on any atom is -0.507 e. The number of rotatable bonds is 6. The third-order valence-electron chi connectivity index (χ3n) is 4.44. The van der Waals surface area contributed by atoms with E-state index in [1.54, 1.807) is 34.8 Å². The minimum atomic E-state index is -0.123. The molecule has 3 aromatic rings. The smallest absolute Gasteiger partial charge is 0.258 e. The molecule has 1 aliphatic rings. The summed E-state index contributed by atoms with van der Waals surface area (Å²) in [6.45, 7) is 5.11. The monoisotopic (exact) mass is 399 g/mol. The van der Waals surface area contributed by atoms with Crippen molar-refractivity contribution in [3.05, 3.63) is 74.1 Å². The molecule has 142 valence electrons. The van der Waals surface area contributed by atoms with Crippen molar-refractivity contribution in [2.75, 3.05) is 0 Å². The van der Waals surface area contributed by atoms with Crippen molar-refractivity contribution in [3.8, 4) is 5.75 Å². The van der Waals surface area contributed by atoms with Crippen LogP contribution in [0.3, 0.4) is 0 Å². The molecule has 1 aromatic carbocycles. The summed E-state index contributed by atoms with van der Waals surface area (Å²) < 4.78 is 0. The highest BCUT2D eigenvalue weighted by atomic mass is 32.1. The van der Waals surface area contributed by atoms with E-state index in [0.717, 1.165) is 15.3 Å². The maximum atomic E-state index is 13.1. The molecular weight excluding hydrogens is 374 g/mol. The van der Waals surface area contributed by atoms with E-state index in [1.165, 1.54) is 12.8 Å². The third-order valence-corrected chi connectivity index (χ3v) is 6.16. The van der Waals surface area contributed by atoms with Gasteiger partial charge in [-0.2, -0.15) is 0 Å². The second-order valence-electron chi connectivity index (χ2n) is 6.37. The Kier molecular flexibility index (Phi) is 6.69. The van der Waals surface area contributed by atoms with Gasteiger partial charge in [-0.25, -0.2) is 0 Å². The molecule has 3 nitrogen and oxygen atoms in total. The van der Waals surface area contributed by atoms with Crippen LogP contribution in [0.4, 0.5) is 0 Å². The largest absolute Gasteiger partial charge is 0.507 e. The standard InChI is InChI=1S/C20H19NO2S2.C2H6/c22-19-11-15(14-5-6-14)7-8-18(19)20(23)21(12-16-3-1-9-24-16)13-17-4-2-10-25-17;1-2/h1-4,7-11,14,22H,5-6,12-13H2;1-2H3. The lowest BCUT2D eigenvalue weighted by molar-refractivity contribution is 0.0730. The van der Waals surface area contributed by atoms with E-state index in [2.05, 4.69) is 0 Å². The molecule has 0 saturated heterocycles. The van der Waals surface area contributed by atoms with Gasteiger partial charge in [0.15, 0.2) is 0 Å². The lowest BCUT2D eigenvalue weighted by Crippen LogP contribution is -2.29. The van der Waals surface area contributed by atoms with Gasteiger partial charge < -0.3 is 10.0 Å². The second kappa shape index (κ2) is 9.20. The van der Waals surface area contributed by atoms with Gasteiger partial charge in [-0.3, -0.25) is 4.79 Å². The van der Waals surface area contributed by atoms with Gasteiger partial charge in [0.05, 0.1) is 18.7 Å². The highest BCUT2D eigenvalue weighted by Gasteiger charge is 2.26. The van der Waals surface area contributed by atoms with E-state index in [1.807, 2.05) is 59.8 Å². The number of carbonyl (C=O) groups excluding carboxylic acids is 1. The summed E-state index contributed by atoms with van der Waals surface area (Å²) in [5, 5.41) is 14.4. The predicted octanol–water partition coefficient (Wildman–Crippen LogP) is 6.26. The van der Waals surface area contributed by atoms with Crippen LogP contribution >= 0.6 is 22.7 Å². The minimum absolute atomic E-state index is 0.0942. The van der Waals surface area contributed by atoms with Crippen LogP contribution in [0.2, 0.25) is 0 Å². The van der Waals surface area contributed by atoms with Crippen LogP contribution in [0.5, 0.6) is 5.75 Å². The van der Waals surface area contributed by atoms with Crippen molar-refractivity contribution in [1.29, 1.82) is 0 Å². The molecule has 0 radical (unpaired) electrons. The van der Waals surface area contributed by atoms with E-state index in [9.17, 15) is 9.90 Å². The van der Waals surface area contributed by atoms with Crippen LogP contribution < -0.4 is 0 Å². The molecule has 2 aromatic heterocycles. The fraction of sp³-hybridized carbons (Fsp3) is 0.318.